The van der Waals surface area contributed by atoms with Crippen LogP contribution in [0.5, 0.6) is 0 Å². The van der Waals surface area contributed by atoms with E-state index in [1.807, 2.05) is 0 Å². The molecular weight excluding hydrogens is 192 g/mol. The Morgan fingerprint density at radius 1 is 1.06 bits per heavy atom. The predicted molar refractivity (Wildman–Crippen MR) is 71.5 cm³/mol. The maximum absolute atomic E-state index is 2.55. The maximum Gasteiger partial charge on any atom is -0.0264 e. The van der Waals surface area contributed by atoms with E-state index in [-0.39, 0.29) is 0 Å². The fourth-order valence-corrected chi connectivity index (χ4v) is 4.59. The van der Waals surface area contributed by atoms with Gasteiger partial charge in [0.1, 0.15) is 0 Å². The van der Waals surface area contributed by atoms with Gasteiger partial charge in [0.15, 0.2) is 0 Å². The normalized spacial score (nSPS) is 42.6. The van der Waals surface area contributed by atoms with Crippen molar-refractivity contribution in [2.75, 3.05) is 0 Å². The Bertz CT molecular complexity index is 220. The zero-order chi connectivity index (χ0) is 11.6. The fraction of sp³-hybridized carbons (Fsp3) is 1.00. The lowest BCUT2D eigenvalue weighted by atomic mass is 9.51. The van der Waals surface area contributed by atoms with Gasteiger partial charge in [-0.05, 0) is 48.9 Å². The van der Waals surface area contributed by atoms with E-state index in [0.717, 1.165) is 23.2 Å². The third-order valence-electron chi connectivity index (χ3n) is 5.71. The molecule has 0 radical (unpaired) electrons. The molecule has 3 fully saturated rings. The Labute approximate surface area is 102 Å². The van der Waals surface area contributed by atoms with Crippen LogP contribution in [0.15, 0.2) is 0 Å². The van der Waals surface area contributed by atoms with Crippen molar-refractivity contribution in [3.05, 3.63) is 0 Å². The molecule has 3 aliphatic carbocycles. The Morgan fingerprint density at radius 3 is 2.50 bits per heavy atom. The first kappa shape index (κ1) is 12.5. The van der Waals surface area contributed by atoms with Gasteiger partial charge in [0.2, 0.25) is 0 Å². The van der Waals surface area contributed by atoms with Gasteiger partial charge in [0, 0.05) is 0 Å². The summed E-state index contributed by atoms with van der Waals surface area (Å²) >= 11 is 0. The minimum Gasteiger partial charge on any atom is -0.0654 e. The molecule has 3 saturated carbocycles. The lowest BCUT2D eigenvalue weighted by Crippen LogP contribution is -2.45. The summed E-state index contributed by atoms with van der Waals surface area (Å²) in [7, 11) is 0. The van der Waals surface area contributed by atoms with Gasteiger partial charge in [0.25, 0.3) is 0 Å². The zero-order valence-corrected chi connectivity index (χ0v) is 11.6. The summed E-state index contributed by atoms with van der Waals surface area (Å²) in [5.41, 5.74) is 0.789. The summed E-state index contributed by atoms with van der Waals surface area (Å²) in [4.78, 5) is 0. The van der Waals surface area contributed by atoms with Crippen LogP contribution < -0.4 is 0 Å². The lowest BCUT2D eigenvalue weighted by Gasteiger charge is -2.54. The van der Waals surface area contributed by atoms with Crippen LogP contribution in [0.25, 0.3) is 0 Å². The number of rotatable bonds is 5. The third kappa shape index (κ3) is 2.17. The highest BCUT2D eigenvalue weighted by Crippen LogP contribution is 2.62. The van der Waals surface area contributed by atoms with Crippen molar-refractivity contribution in [3.8, 4) is 0 Å². The van der Waals surface area contributed by atoms with Crippen molar-refractivity contribution in [2.24, 2.45) is 23.2 Å². The molecule has 0 heterocycles. The fourth-order valence-electron chi connectivity index (χ4n) is 4.59. The van der Waals surface area contributed by atoms with Crippen LogP contribution in [0.1, 0.15) is 78.6 Å². The first-order chi connectivity index (χ1) is 7.72. The van der Waals surface area contributed by atoms with E-state index in [1.54, 1.807) is 19.3 Å². The quantitative estimate of drug-likeness (QED) is 0.582. The van der Waals surface area contributed by atoms with Crippen molar-refractivity contribution in [1.82, 2.24) is 0 Å². The molecule has 3 rings (SSSR count). The summed E-state index contributed by atoms with van der Waals surface area (Å²) < 4.78 is 0. The van der Waals surface area contributed by atoms with Crippen molar-refractivity contribution >= 4 is 0 Å². The largest absolute Gasteiger partial charge is 0.0654 e. The molecule has 2 bridgehead atoms. The second kappa shape index (κ2) is 5.10. The first-order valence-electron chi connectivity index (χ1n) is 7.72. The van der Waals surface area contributed by atoms with Gasteiger partial charge < -0.3 is 0 Å². The van der Waals surface area contributed by atoms with E-state index in [9.17, 15) is 0 Å². The molecule has 0 aliphatic heterocycles. The van der Waals surface area contributed by atoms with Gasteiger partial charge in [-0.15, -0.1) is 0 Å². The number of hydrogen-bond donors (Lipinski definition) is 0. The van der Waals surface area contributed by atoms with Crippen LogP contribution in [0.2, 0.25) is 0 Å². The standard InChI is InChI=1S/C16H30/c1-4-6-10-16-11-14(7-5-2)8-9-15(12-16)13(16)3/h13-15H,4-12H2,1-3H3. The highest BCUT2D eigenvalue weighted by Gasteiger charge is 2.52. The summed E-state index contributed by atoms with van der Waals surface area (Å²) in [6.45, 7) is 7.26. The molecule has 0 aromatic carbocycles. The van der Waals surface area contributed by atoms with Crippen molar-refractivity contribution in [1.29, 1.82) is 0 Å². The topological polar surface area (TPSA) is 0 Å². The van der Waals surface area contributed by atoms with E-state index >= 15 is 0 Å². The van der Waals surface area contributed by atoms with E-state index in [1.165, 1.54) is 38.5 Å². The van der Waals surface area contributed by atoms with Gasteiger partial charge in [-0.3, -0.25) is 0 Å². The molecule has 4 unspecified atom stereocenters. The highest BCUT2D eigenvalue weighted by molar-refractivity contribution is 5.02. The summed E-state index contributed by atoms with van der Waals surface area (Å²) in [6, 6.07) is 0. The van der Waals surface area contributed by atoms with E-state index < -0.39 is 0 Å². The molecule has 0 N–H and O–H groups in total. The number of unbranched alkanes of at least 4 members (excludes halogenated alkanes) is 1. The molecule has 94 valence electrons. The van der Waals surface area contributed by atoms with Crippen LogP contribution in [-0.4, -0.2) is 0 Å². The monoisotopic (exact) mass is 222 g/mol. The molecule has 3 aliphatic rings. The van der Waals surface area contributed by atoms with Crippen molar-refractivity contribution in [2.45, 2.75) is 78.6 Å². The number of fused-ring (bicyclic) bond motifs is 3. The molecular formula is C16H30. The molecule has 16 heavy (non-hydrogen) atoms. The summed E-state index contributed by atoms with van der Waals surface area (Å²) in [5.74, 6) is 3.21. The summed E-state index contributed by atoms with van der Waals surface area (Å²) in [6.07, 6.45) is 13.5. The van der Waals surface area contributed by atoms with Gasteiger partial charge in [0.05, 0.1) is 0 Å². The first-order valence-corrected chi connectivity index (χ1v) is 7.72. The minimum atomic E-state index is 0.789. The van der Waals surface area contributed by atoms with Crippen LogP contribution in [-0.2, 0) is 0 Å². The van der Waals surface area contributed by atoms with E-state index in [4.69, 9.17) is 0 Å². The minimum absolute atomic E-state index is 0.789. The van der Waals surface area contributed by atoms with Gasteiger partial charge in [-0.1, -0.05) is 52.9 Å². The molecule has 0 spiro atoms. The van der Waals surface area contributed by atoms with E-state index in [0.29, 0.717) is 0 Å². The average molecular weight is 222 g/mol. The van der Waals surface area contributed by atoms with Crippen LogP contribution in [0, 0.1) is 23.2 Å². The zero-order valence-electron chi connectivity index (χ0n) is 11.6. The SMILES string of the molecule is CCCCC12CC(CCC)CCC(C1)C2C. The Kier molecular flexibility index (Phi) is 3.97. The Hall–Kier alpha value is 0. The molecule has 0 heteroatoms. The van der Waals surface area contributed by atoms with Crippen LogP contribution in [0.3, 0.4) is 0 Å². The lowest BCUT2D eigenvalue weighted by molar-refractivity contribution is -0.0416. The molecule has 4 atom stereocenters. The van der Waals surface area contributed by atoms with Crippen LogP contribution in [0.4, 0.5) is 0 Å². The highest BCUT2D eigenvalue weighted by atomic mass is 14.6. The summed E-state index contributed by atoms with van der Waals surface area (Å²) in [5, 5.41) is 0. The smallest absolute Gasteiger partial charge is 0.0264 e. The van der Waals surface area contributed by atoms with E-state index in [2.05, 4.69) is 20.8 Å². The average Bonchev–Trinajstić information content (AvgIpc) is 2.54. The maximum atomic E-state index is 2.55. The van der Waals surface area contributed by atoms with Crippen LogP contribution >= 0.6 is 0 Å². The Balaban J connectivity index is 1.98. The molecule has 0 saturated heterocycles. The Morgan fingerprint density at radius 2 is 1.88 bits per heavy atom. The second-order valence-corrected chi connectivity index (χ2v) is 6.65. The van der Waals surface area contributed by atoms with Crippen molar-refractivity contribution in [3.63, 3.8) is 0 Å². The van der Waals surface area contributed by atoms with Gasteiger partial charge in [-0.2, -0.15) is 0 Å². The predicted octanol–water partition coefficient (Wildman–Crippen LogP) is 5.42. The van der Waals surface area contributed by atoms with Gasteiger partial charge >= 0.3 is 0 Å². The second-order valence-electron chi connectivity index (χ2n) is 6.65. The third-order valence-corrected chi connectivity index (χ3v) is 5.71. The molecule has 0 amide bonds. The van der Waals surface area contributed by atoms with Gasteiger partial charge in [-0.25, -0.2) is 0 Å². The molecule has 0 aromatic rings. The number of hydrogen-bond acceptors (Lipinski definition) is 0. The molecule has 0 aromatic heterocycles. The molecule has 0 nitrogen and oxygen atoms in total. The van der Waals surface area contributed by atoms with Crippen molar-refractivity contribution < 1.29 is 0 Å².